The van der Waals surface area contributed by atoms with Gasteiger partial charge in [-0.3, -0.25) is 0 Å². The molecule has 0 aromatic rings. The second-order valence-corrected chi connectivity index (χ2v) is 50.0. The molecule has 6 nitrogen and oxygen atoms in total. The van der Waals surface area contributed by atoms with Gasteiger partial charge in [-0.15, -0.1) is 0 Å². The molecule has 0 aliphatic heterocycles. The van der Waals surface area contributed by atoms with E-state index in [-0.39, 0.29) is 17.9 Å². The van der Waals surface area contributed by atoms with E-state index in [9.17, 15) is 14.4 Å². The number of unbranched alkanes of at least 4 members (excludes halogenated alkanes) is 48. The Kier molecular flexibility index (Phi) is 73.4. The predicted molar refractivity (Wildman–Crippen MR) is 460 cm³/mol. The third-order valence-electron chi connectivity index (χ3n) is 23.1. The Balaban J connectivity index is -0.00000141. The fourth-order valence-corrected chi connectivity index (χ4v) is 36.6. The predicted octanol–water partition coefficient (Wildman–Crippen LogP) is 32.7. The van der Waals surface area contributed by atoms with Crippen molar-refractivity contribution >= 4 is 38.4 Å². The van der Waals surface area contributed by atoms with Crippen LogP contribution >= 0.6 is 20.5 Å². The van der Waals surface area contributed by atoms with Gasteiger partial charge in [0.15, 0.2) is 0 Å². The van der Waals surface area contributed by atoms with E-state index >= 15 is 0 Å². The molecule has 0 saturated carbocycles. The normalized spacial score (nSPS) is 13.1. The van der Waals surface area contributed by atoms with Gasteiger partial charge in [-0.25, -0.2) is 0 Å². The SMILES string of the molecule is CCCCCCCCP(CCCCCCCC)(CCCCCCCC)(CCCCCCCC)OC(C)=O.CCCCCCCP(CCCCCCC)(CCCCCCC)(CCCCCCC)OC(C)=O.CCCCCCP(CCCCCC)(CCCCCC)(CCCCCC)OC(C)=O. The Hall–Kier alpha value is -0.300. The summed E-state index contributed by atoms with van der Waals surface area (Å²) in [7, 11) is 0. The van der Waals surface area contributed by atoms with Crippen LogP contribution in [0.4, 0.5) is 0 Å². The average molecular weight is 1460 g/mol. The van der Waals surface area contributed by atoms with Gasteiger partial charge in [-0.1, -0.05) is 0 Å². The van der Waals surface area contributed by atoms with Crippen LogP contribution in [0.15, 0.2) is 0 Å². The van der Waals surface area contributed by atoms with Crippen LogP contribution in [0.2, 0.25) is 0 Å². The molecule has 0 aliphatic carbocycles. The monoisotopic (exact) mass is 1460 g/mol. The zero-order valence-electron chi connectivity index (χ0n) is 71.2. The molecule has 0 fully saturated rings. The first-order chi connectivity index (χ1) is 47.9. The minimum absolute atomic E-state index is 0.000340. The van der Waals surface area contributed by atoms with E-state index in [2.05, 4.69) is 83.1 Å². The number of carbonyl (C=O) groups is 3. The third kappa shape index (κ3) is 56.6. The fourth-order valence-electron chi connectivity index (χ4n) is 17.0. The van der Waals surface area contributed by atoms with E-state index < -0.39 is 20.5 Å². The number of hydrogen-bond acceptors (Lipinski definition) is 6. The Labute approximate surface area is 625 Å². The van der Waals surface area contributed by atoms with Crippen molar-refractivity contribution in [3.05, 3.63) is 0 Å². The Morgan fingerprint density at radius 3 is 0.323 bits per heavy atom. The van der Waals surface area contributed by atoms with Crippen LogP contribution < -0.4 is 0 Å². The minimum atomic E-state index is -2.54. The molecule has 0 atom stereocenters. The molecule has 0 spiro atoms. The third-order valence-corrected chi connectivity index (χ3v) is 42.8. The van der Waals surface area contributed by atoms with E-state index in [1.54, 1.807) is 20.8 Å². The molecule has 0 amide bonds. The molecule has 0 rings (SSSR count). The molecule has 0 aliphatic rings. The van der Waals surface area contributed by atoms with Gasteiger partial charge in [-0.05, 0) is 0 Å². The molecule has 0 bridgehead atoms. The molecule has 0 heterocycles. The van der Waals surface area contributed by atoms with Gasteiger partial charge in [0.25, 0.3) is 0 Å². The molecule has 9 heteroatoms. The first-order valence-electron chi connectivity index (χ1n) is 45.6. The molecule has 99 heavy (non-hydrogen) atoms. The second kappa shape index (κ2) is 70.7. The maximum atomic E-state index is 12.8. The molecule has 0 aromatic carbocycles. The average Bonchev–Trinajstić information content (AvgIpc) is 0.785. The summed E-state index contributed by atoms with van der Waals surface area (Å²) in [4.78, 5) is 37.8. The molecule has 0 saturated heterocycles. The summed E-state index contributed by atoms with van der Waals surface area (Å²) >= 11 is 0. The van der Waals surface area contributed by atoms with Crippen molar-refractivity contribution in [2.24, 2.45) is 0 Å². The van der Waals surface area contributed by atoms with Crippen LogP contribution in [0.5, 0.6) is 0 Å². The van der Waals surface area contributed by atoms with Gasteiger partial charge in [0.05, 0.1) is 0 Å². The quantitative estimate of drug-likeness (QED) is 0.0446. The first kappa shape index (κ1) is 103. The summed E-state index contributed by atoms with van der Waals surface area (Å²) < 4.78 is 20.2. The zero-order valence-corrected chi connectivity index (χ0v) is 73.9. The molecule has 0 unspecified atom stereocenters. The summed E-state index contributed by atoms with van der Waals surface area (Å²) in [5, 5.41) is 0. The molecule has 0 N–H and O–H groups in total. The molecule has 0 radical (unpaired) electrons. The van der Waals surface area contributed by atoms with Crippen molar-refractivity contribution in [1.29, 1.82) is 0 Å². The van der Waals surface area contributed by atoms with Crippen molar-refractivity contribution < 1.29 is 28.0 Å². The number of hydrogen-bond donors (Lipinski definition) is 0. The second-order valence-electron chi connectivity index (χ2n) is 33.0. The molecule has 600 valence electrons. The first-order valence-corrected chi connectivity index (χ1v) is 54.2. The summed E-state index contributed by atoms with van der Waals surface area (Å²) in [6.45, 7) is 25.1. The van der Waals surface area contributed by atoms with Gasteiger partial charge in [0, 0.05) is 0 Å². The number of rotatable bonds is 75. The topological polar surface area (TPSA) is 78.9 Å². The van der Waals surface area contributed by atoms with E-state index in [0.29, 0.717) is 0 Å². The van der Waals surface area contributed by atoms with Gasteiger partial charge < -0.3 is 0 Å². The summed E-state index contributed by atoms with van der Waals surface area (Å²) in [5.41, 5.74) is 0. The standard InChI is InChI=1S/C34H71O2P.C30H63O2P.C26H55O2P/c1-6-10-14-18-22-26-30-37(36-34(5)35,31-27-23-19-15-11-7-2,32-28-24-20-16-12-8-3)33-29-25-21-17-13-9-4;1-6-10-14-18-22-26-33(32-30(5)31,27-23-19-15-11-7-2,28-24-20-16-12-8-3)29-25-21-17-13-9-4;1-6-10-14-18-22-29(28-26(5)27,23-19-15-11-7-2,24-20-16-12-8-3)25-21-17-13-9-4/h6-33H2,1-5H3;6-29H2,1-5H3;6-25H2,1-5H3. The Morgan fingerprint density at radius 1 is 0.152 bits per heavy atom. The van der Waals surface area contributed by atoms with E-state index in [0.717, 1.165) is 0 Å². The van der Waals surface area contributed by atoms with Crippen LogP contribution in [-0.2, 0) is 28.0 Å². The van der Waals surface area contributed by atoms with Gasteiger partial charge in [-0.2, -0.15) is 0 Å². The van der Waals surface area contributed by atoms with E-state index in [1.807, 2.05) is 0 Å². The van der Waals surface area contributed by atoms with Gasteiger partial charge >= 0.3 is 629 Å². The summed E-state index contributed by atoms with van der Waals surface area (Å²) in [5.74, 6) is 0.0307. The zero-order chi connectivity index (χ0) is 74.1. The summed E-state index contributed by atoms with van der Waals surface area (Å²) in [6.07, 6.45) is 93.3. The fraction of sp³-hybridized carbons (Fsp3) is 0.967. The number of carbonyl (C=O) groups excluding carboxylic acids is 3. The van der Waals surface area contributed by atoms with Crippen molar-refractivity contribution in [1.82, 2.24) is 0 Å². The van der Waals surface area contributed by atoms with E-state index in [1.165, 1.54) is 459 Å². The van der Waals surface area contributed by atoms with Gasteiger partial charge in [0.2, 0.25) is 0 Å². The van der Waals surface area contributed by atoms with Gasteiger partial charge in [0.1, 0.15) is 0 Å². The van der Waals surface area contributed by atoms with Crippen LogP contribution in [0.3, 0.4) is 0 Å². The van der Waals surface area contributed by atoms with Crippen LogP contribution in [0.25, 0.3) is 0 Å². The van der Waals surface area contributed by atoms with Crippen LogP contribution in [-0.4, -0.2) is 91.9 Å². The van der Waals surface area contributed by atoms with Crippen LogP contribution in [0, 0.1) is 0 Å². The summed E-state index contributed by atoms with van der Waals surface area (Å²) in [6, 6.07) is 0. The van der Waals surface area contributed by atoms with Crippen molar-refractivity contribution in [3.63, 3.8) is 0 Å². The maximum absolute atomic E-state index is 12.8. The van der Waals surface area contributed by atoms with E-state index in [4.69, 9.17) is 13.6 Å². The van der Waals surface area contributed by atoms with Crippen molar-refractivity contribution in [2.45, 2.75) is 489 Å². The molecular weight excluding hydrogens is 1270 g/mol. The Morgan fingerprint density at radius 2 is 0.232 bits per heavy atom. The van der Waals surface area contributed by atoms with Crippen molar-refractivity contribution in [2.75, 3.05) is 73.9 Å². The van der Waals surface area contributed by atoms with Crippen molar-refractivity contribution in [3.8, 4) is 0 Å². The van der Waals surface area contributed by atoms with Crippen LogP contribution in [0.1, 0.15) is 489 Å². The molecule has 0 aromatic heterocycles. The Bertz CT molecular complexity index is 1530. The molecular formula is C90H189O6P3.